The quantitative estimate of drug-likeness (QED) is 0.259. The van der Waals surface area contributed by atoms with Crippen molar-refractivity contribution in [1.29, 1.82) is 0 Å². The molecule has 0 saturated heterocycles. The molecule has 1 aromatic heterocycles. The molecule has 27 heavy (non-hydrogen) atoms. The number of nitrogens with zero attached hydrogens (tertiary/aromatic N) is 3. The average molecular weight is 374 g/mol. The minimum Gasteiger partial charge on any atom is -0.422 e. The van der Waals surface area contributed by atoms with E-state index in [-0.39, 0.29) is 35.3 Å². The van der Waals surface area contributed by atoms with Gasteiger partial charge in [-0.25, -0.2) is 9.78 Å². The number of para-hydroxylation sites is 1. The number of hydrogen-bond donors (Lipinski definition) is 5. The van der Waals surface area contributed by atoms with Crippen LogP contribution in [0.25, 0.3) is 0 Å². The topological polar surface area (TPSA) is 186 Å². The Bertz CT molecular complexity index is 857. The number of nitrogen functional groups attached to an aromatic ring is 1. The number of esters is 1. The number of amides is 1. The van der Waals surface area contributed by atoms with Crippen molar-refractivity contribution < 1.29 is 24.5 Å². The van der Waals surface area contributed by atoms with Gasteiger partial charge in [-0.2, -0.15) is 0 Å². The molecule has 0 bridgehead atoms. The summed E-state index contributed by atoms with van der Waals surface area (Å²) in [6.45, 7) is -0.957. The van der Waals surface area contributed by atoms with Crippen molar-refractivity contribution in [3.8, 4) is 5.75 Å². The van der Waals surface area contributed by atoms with Gasteiger partial charge in [-0.1, -0.05) is 12.1 Å². The minimum atomic E-state index is -1.66. The van der Waals surface area contributed by atoms with E-state index in [0.717, 1.165) is 0 Å². The third-order valence-electron chi connectivity index (χ3n) is 3.14. The van der Waals surface area contributed by atoms with Crippen LogP contribution in [0.2, 0.25) is 0 Å². The molecule has 0 aliphatic heterocycles. The van der Waals surface area contributed by atoms with E-state index in [0.29, 0.717) is 0 Å². The molecular weight excluding hydrogens is 356 g/mol. The SMILES string of the molecule is NCC(=O)Nc1ccc(/N=N/c2ccccc2OC(=O)[C@@H](O)CO)c(N)n1. The van der Waals surface area contributed by atoms with Gasteiger partial charge < -0.3 is 31.7 Å². The maximum atomic E-state index is 11.6. The van der Waals surface area contributed by atoms with Crippen molar-refractivity contribution in [3.63, 3.8) is 0 Å². The molecule has 0 unspecified atom stereocenters. The molecule has 2 aromatic rings. The number of pyridine rings is 1. The van der Waals surface area contributed by atoms with E-state index in [1.807, 2.05) is 0 Å². The fraction of sp³-hybridized carbons (Fsp3) is 0.188. The van der Waals surface area contributed by atoms with Gasteiger partial charge in [0.15, 0.2) is 17.7 Å². The van der Waals surface area contributed by atoms with Crippen LogP contribution < -0.4 is 21.5 Å². The molecule has 1 aromatic carbocycles. The number of aliphatic hydroxyl groups is 2. The molecule has 1 heterocycles. The van der Waals surface area contributed by atoms with Gasteiger partial charge in [-0.3, -0.25) is 4.79 Å². The number of aliphatic hydroxyl groups excluding tert-OH is 2. The number of nitrogens with two attached hydrogens (primary N) is 2. The van der Waals surface area contributed by atoms with Gasteiger partial charge in [0.2, 0.25) is 5.91 Å². The zero-order valence-corrected chi connectivity index (χ0v) is 14.1. The summed E-state index contributed by atoms with van der Waals surface area (Å²) < 4.78 is 4.98. The Morgan fingerprint density at radius 2 is 1.89 bits per heavy atom. The highest BCUT2D eigenvalue weighted by Gasteiger charge is 2.17. The molecular formula is C16H18N6O5. The van der Waals surface area contributed by atoms with Crippen LogP contribution in [0.5, 0.6) is 5.75 Å². The fourth-order valence-corrected chi connectivity index (χ4v) is 1.80. The summed E-state index contributed by atoms with van der Waals surface area (Å²) in [5.74, 6) is -1.18. The standard InChI is InChI=1S/C16H18N6O5/c17-7-14(25)19-13-6-5-10(15(18)20-13)22-21-9-3-1-2-4-12(9)27-16(26)11(24)8-23/h1-6,11,23-24H,7-8,17H2,(H3,18,19,20,25)/b22-21+/t11-/m0/s1. The van der Waals surface area contributed by atoms with Crippen LogP contribution in [0.1, 0.15) is 0 Å². The lowest BCUT2D eigenvalue weighted by molar-refractivity contribution is -0.145. The van der Waals surface area contributed by atoms with Crippen molar-refractivity contribution in [2.75, 3.05) is 24.2 Å². The van der Waals surface area contributed by atoms with Gasteiger partial charge >= 0.3 is 5.97 Å². The second-order valence-corrected chi connectivity index (χ2v) is 5.14. The first-order chi connectivity index (χ1) is 12.9. The van der Waals surface area contributed by atoms with Crippen LogP contribution in [-0.4, -0.2) is 46.3 Å². The van der Waals surface area contributed by atoms with Crippen LogP contribution in [0.4, 0.5) is 23.0 Å². The molecule has 0 aliphatic carbocycles. The number of azo groups is 1. The first-order valence-corrected chi connectivity index (χ1v) is 7.72. The summed E-state index contributed by atoms with van der Waals surface area (Å²) in [7, 11) is 0. The van der Waals surface area contributed by atoms with E-state index < -0.39 is 24.6 Å². The van der Waals surface area contributed by atoms with Gasteiger partial charge in [0.1, 0.15) is 17.2 Å². The highest BCUT2D eigenvalue weighted by molar-refractivity contribution is 5.91. The van der Waals surface area contributed by atoms with E-state index >= 15 is 0 Å². The van der Waals surface area contributed by atoms with E-state index in [9.17, 15) is 14.7 Å². The van der Waals surface area contributed by atoms with Crippen molar-refractivity contribution in [2.45, 2.75) is 6.10 Å². The lowest BCUT2D eigenvalue weighted by Gasteiger charge is -2.09. The molecule has 2 rings (SSSR count). The number of rotatable bonds is 7. The maximum Gasteiger partial charge on any atom is 0.342 e. The molecule has 7 N–H and O–H groups in total. The number of aromatic nitrogens is 1. The summed E-state index contributed by atoms with van der Waals surface area (Å²) in [4.78, 5) is 26.8. The van der Waals surface area contributed by atoms with E-state index in [1.165, 1.54) is 24.3 Å². The molecule has 0 aliphatic rings. The Morgan fingerprint density at radius 3 is 2.56 bits per heavy atom. The molecule has 0 spiro atoms. The molecule has 0 radical (unpaired) electrons. The second kappa shape index (κ2) is 9.33. The minimum absolute atomic E-state index is 0.0127. The van der Waals surface area contributed by atoms with Crippen LogP contribution >= 0.6 is 0 Å². The van der Waals surface area contributed by atoms with Crippen molar-refractivity contribution >= 4 is 34.9 Å². The van der Waals surface area contributed by atoms with Gasteiger partial charge in [0, 0.05) is 0 Å². The summed E-state index contributed by atoms with van der Waals surface area (Å²) in [6.07, 6.45) is -1.66. The van der Waals surface area contributed by atoms with Crippen LogP contribution in [0.15, 0.2) is 46.6 Å². The first-order valence-electron chi connectivity index (χ1n) is 7.72. The Morgan fingerprint density at radius 1 is 1.19 bits per heavy atom. The van der Waals surface area contributed by atoms with Gasteiger partial charge in [0.25, 0.3) is 0 Å². The molecule has 11 nitrogen and oxygen atoms in total. The zero-order chi connectivity index (χ0) is 19.8. The predicted molar refractivity (Wildman–Crippen MR) is 95.7 cm³/mol. The predicted octanol–water partition coefficient (Wildman–Crippen LogP) is 0.235. The lowest BCUT2D eigenvalue weighted by Crippen LogP contribution is -2.28. The molecule has 1 amide bonds. The molecule has 0 fully saturated rings. The third-order valence-corrected chi connectivity index (χ3v) is 3.14. The average Bonchev–Trinajstić information content (AvgIpc) is 2.67. The Labute approximate surface area is 153 Å². The second-order valence-electron chi connectivity index (χ2n) is 5.14. The lowest BCUT2D eigenvalue weighted by atomic mass is 10.3. The van der Waals surface area contributed by atoms with E-state index in [1.54, 1.807) is 12.1 Å². The number of hydrogen-bond acceptors (Lipinski definition) is 10. The van der Waals surface area contributed by atoms with Crippen molar-refractivity contribution in [1.82, 2.24) is 4.98 Å². The Kier molecular flexibility index (Phi) is 6.88. The fourth-order valence-electron chi connectivity index (χ4n) is 1.80. The largest absolute Gasteiger partial charge is 0.422 e. The first kappa shape index (κ1) is 19.9. The highest BCUT2D eigenvalue weighted by atomic mass is 16.6. The Balaban J connectivity index is 2.18. The number of ether oxygens (including phenoxy) is 1. The van der Waals surface area contributed by atoms with Gasteiger partial charge in [-0.15, -0.1) is 10.2 Å². The highest BCUT2D eigenvalue weighted by Crippen LogP contribution is 2.30. The number of carbonyl (C=O) groups excluding carboxylic acids is 2. The van der Waals surface area contributed by atoms with E-state index in [2.05, 4.69) is 20.5 Å². The maximum absolute atomic E-state index is 11.6. The summed E-state index contributed by atoms with van der Waals surface area (Å²) >= 11 is 0. The number of carbonyl (C=O) groups is 2. The number of benzene rings is 1. The summed E-state index contributed by atoms with van der Waals surface area (Å²) in [6, 6.07) is 9.17. The van der Waals surface area contributed by atoms with Crippen molar-refractivity contribution in [3.05, 3.63) is 36.4 Å². The summed E-state index contributed by atoms with van der Waals surface area (Å²) in [5.41, 5.74) is 11.4. The van der Waals surface area contributed by atoms with Crippen LogP contribution in [0.3, 0.4) is 0 Å². The van der Waals surface area contributed by atoms with Crippen LogP contribution in [0, 0.1) is 0 Å². The smallest absolute Gasteiger partial charge is 0.342 e. The zero-order valence-electron chi connectivity index (χ0n) is 14.1. The van der Waals surface area contributed by atoms with E-state index in [4.69, 9.17) is 21.3 Å². The number of anilines is 2. The molecule has 11 heteroatoms. The molecule has 0 saturated carbocycles. The molecule has 142 valence electrons. The monoisotopic (exact) mass is 374 g/mol. The van der Waals surface area contributed by atoms with Crippen molar-refractivity contribution in [2.24, 2.45) is 16.0 Å². The third kappa shape index (κ3) is 5.54. The van der Waals surface area contributed by atoms with Crippen LogP contribution in [-0.2, 0) is 9.59 Å². The summed E-state index contributed by atoms with van der Waals surface area (Å²) in [5, 5.41) is 28.4. The Hall–Kier alpha value is -3.41. The normalized spacial score (nSPS) is 12.0. The molecule has 1 atom stereocenters. The number of nitrogens with one attached hydrogen (secondary N) is 1. The van der Waals surface area contributed by atoms with Gasteiger partial charge in [-0.05, 0) is 24.3 Å². The van der Waals surface area contributed by atoms with Gasteiger partial charge in [0.05, 0.1) is 13.2 Å².